The van der Waals surface area contributed by atoms with Crippen molar-refractivity contribution in [2.75, 3.05) is 6.61 Å². The summed E-state index contributed by atoms with van der Waals surface area (Å²) in [5.74, 6) is 1.92. The average Bonchev–Trinajstić information content (AvgIpc) is 2.74. The summed E-state index contributed by atoms with van der Waals surface area (Å²) in [6.07, 6.45) is 6.03. The van der Waals surface area contributed by atoms with Crippen molar-refractivity contribution >= 4 is 17.2 Å². The Bertz CT molecular complexity index is 925. The number of benzene rings is 2. The molecule has 1 atom stereocenters. The molecule has 0 amide bonds. The maximum absolute atomic E-state index is 9.40. The molecule has 0 radical (unpaired) electrons. The zero-order valence-electron chi connectivity index (χ0n) is 18.4. The zero-order chi connectivity index (χ0) is 21.7. The Kier molecular flexibility index (Phi) is 7.66. The first-order chi connectivity index (χ1) is 14.4. The number of ether oxygens (including phenoxy) is 1. The van der Waals surface area contributed by atoms with E-state index in [0.29, 0.717) is 13.0 Å². The van der Waals surface area contributed by atoms with Gasteiger partial charge in [-0.1, -0.05) is 49.7 Å². The van der Waals surface area contributed by atoms with Crippen molar-refractivity contribution in [3.05, 3.63) is 81.6 Å². The number of halogens is 1. The summed E-state index contributed by atoms with van der Waals surface area (Å²) in [6.45, 7) is 10.7. The van der Waals surface area contributed by atoms with Gasteiger partial charge >= 0.3 is 0 Å². The van der Waals surface area contributed by atoms with Crippen LogP contribution < -0.4 is 4.74 Å². The summed E-state index contributed by atoms with van der Waals surface area (Å²) in [5, 5.41) is 10.2. The fourth-order valence-corrected chi connectivity index (χ4v) is 4.39. The summed E-state index contributed by atoms with van der Waals surface area (Å²) < 4.78 is 6.33. The number of aliphatic hydroxyl groups excluding tert-OH is 1. The molecular formula is C27H33ClO2. The second-order valence-corrected chi connectivity index (χ2v) is 8.87. The van der Waals surface area contributed by atoms with E-state index >= 15 is 0 Å². The van der Waals surface area contributed by atoms with E-state index in [1.165, 1.54) is 46.2 Å². The Morgan fingerprint density at radius 2 is 1.87 bits per heavy atom. The molecule has 2 aromatic carbocycles. The second kappa shape index (κ2) is 10.2. The highest BCUT2D eigenvalue weighted by Crippen LogP contribution is 2.38. The van der Waals surface area contributed by atoms with Crippen LogP contribution in [0.1, 0.15) is 61.3 Å². The number of hydrogen-bond donors (Lipinski definition) is 1. The molecule has 0 saturated heterocycles. The molecular weight excluding hydrogens is 392 g/mol. The van der Waals surface area contributed by atoms with Gasteiger partial charge in [-0.05, 0) is 97.0 Å². The highest BCUT2D eigenvalue weighted by molar-refractivity contribution is 6.30. The largest absolute Gasteiger partial charge is 0.513 e. The van der Waals surface area contributed by atoms with Gasteiger partial charge in [0.25, 0.3) is 0 Å². The molecule has 1 unspecified atom stereocenters. The fourth-order valence-electron chi connectivity index (χ4n) is 4.27. The number of aliphatic hydroxyl groups is 1. The van der Waals surface area contributed by atoms with Gasteiger partial charge in [0.1, 0.15) is 12.4 Å². The molecule has 1 aliphatic rings. The van der Waals surface area contributed by atoms with E-state index in [1.54, 1.807) is 0 Å². The lowest BCUT2D eigenvalue weighted by atomic mass is 9.80. The van der Waals surface area contributed by atoms with Crippen LogP contribution in [-0.2, 0) is 6.42 Å². The van der Waals surface area contributed by atoms with Crippen LogP contribution in [0.5, 0.6) is 5.75 Å². The van der Waals surface area contributed by atoms with Gasteiger partial charge < -0.3 is 9.84 Å². The predicted molar refractivity (Wildman–Crippen MR) is 128 cm³/mol. The first-order valence-corrected chi connectivity index (χ1v) is 11.3. The van der Waals surface area contributed by atoms with Crippen molar-refractivity contribution in [2.24, 2.45) is 5.92 Å². The maximum atomic E-state index is 9.40. The molecule has 0 aromatic heterocycles. The lowest BCUT2D eigenvalue weighted by Crippen LogP contribution is -2.14. The van der Waals surface area contributed by atoms with Crippen LogP contribution in [-0.4, -0.2) is 11.7 Å². The van der Waals surface area contributed by atoms with Gasteiger partial charge in [-0.25, -0.2) is 0 Å². The van der Waals surface area contributed by atoms with Crippen molar-refractivity contribution < 1.29 is 9.84 Å². The Balaban J connectivity index is 1.80. The molecule has 3 heteroatoms. The molecule has 0 bridgehead atoms. The van der Waals surface area contributed by atoms with Gasteiger partial charge in [-0.2, -0.15) is 0 Å². The van der Waals surface area contributed by atoms with Crippen molar-refractivity contribution in [1.29, 1.82) is 0 Å². The topological polar surface area (TPSA) is 29.5 Å². The lowest BCUT2D eigenvalue weighted by Gasteiger charge is -2.27. The molecule has 0 spiro atoms. The number of aryl methyl sites for hydroxylation is 1. The molecule has 160 valence electrons. The zero-order valence-corrected chi connectivity index (χ0v) is 19.2. The quantitative estimate of drug-likeness (QED) is 0.435. The fraction of sp³-hybridized carbons (Fsp3) is 0.407. The summed E-state index contributed by atoms with van der Waals surface area (Å²) >= 11 is 6.11. The SMILES string of the molecule is C=C(O)CCc1ccc(OCC2=C(c3ccc(Cl)cc3)CC(CC)CC2)c(C)c1C. The summed E-state index contributed by atoms with van der Waals surface area (Å²) in [5.41, 5.74) is 7.74. The molecule has 3 rings (SSSR count). The van der Waals surface area contributed by atoms with Crippen LogP contribution in [0.3, 0.4) is 0 Å². The van der Waals surface area contributed by atoms with Gasteiger partial charge in [0.15, 0.2) is 0 Å². The molecule has 0 fully saturated rings. The van der Waals surface area contributed by atoms with Crippen LogP contribution >= 0.6 is 11.6 Å². The molecule has 0 aliphatic heterocycles. The third-order valence-electron chi connectivity index (χ3n) is 6.48. The summed E-state index contributed by atoms with van der Waals surface area (Å²) in [7, 11) is 0. The van der Waals surface area contributed by atoms with Crippen molar-refractivity contribution in [3.63, 3.8) is 0 Å². The number of allylic oxidation sites excluding steroid dienone is 2. The minimum absolute atomic E-state index is 0.233. The average molecular weight is 425 g/mol. The van der Waals surface area contributed by atoms with E-state index in [-0.39, 0.29) is 5.76 Å². The third kappa shape index (κ3) is 5.49. The van der Waals surface area contributed by atoms with Gasteiger partial charge in [-0.15, -0.1) is 0 Å². The standard InChI is InChI=1S/C27H33ClO2/c1-5-21-7-9-24(26(16-21)23-10-13-25(28)14-11-23)17-30-27-15-12-22(8-6-18(2)29)19(3)20(27)4/h10-15,21,29H,2,5-9,16-17H2,1,3-4H3. The predicted octanol–water partition coefficient (Wildman–Crippen LogP) is 8.00. The summed E-state index contributed by atoms with van der Waals surface area (Å²) in [6, 6.07) is 12.4. The molecule has 2 nitrogen and oxygen atoms in total. The van der Waals surface area contributed by atoms with Crippen molar-refractivity contribution in [1.82, 2.24) is 0 Å². The highest BCUT2D eigenvalue weighted by atomic mass is 35.5. The molecule has 2 aromatic rings. The van der Waals surface area contributed by atoms with E-state index in [4.69, 9.17) is 16.3 Å². The molecule has 0 heterocycles. The van der Waals surface area contributed by atoms with Gasteiger partial charge in [0.2, 0.25) is 0 Å². The third-order valence-corrected chi connectivity index (χ3v) is 6.73. The van der Waals surface area contributed by atoms with Crippen LogP contribution in [0.25, 0.3) is 5.57 Å². The first-order valence-electron chi connectivity index (χ1n) is 10.9. The van der Waals surface area contributed by atoms with Crippen LogP contribution in [0.4, 0.5) is 0 Å². The number of rotatable bonds is 8. The Morgan fingerprint density at radius 1 is 1.13 bits per heavy atom. The van der Waals surface area contributed by atoms with E-state index in [1.807, 2.05) is 12.1 Å². The maximum Gasteiger partial charge on any atom is 0.122 e. The monoisotopic (exact) mass is 424 g/mol. The van der Waals surface area contributed by atoms with Crippen LogP contribution in [0, 0.1) is 19.8 Å². The van der Waals surface area contributed by atoms with Gasteiger partial charge in [-0.3, -0.25) is 0 Å². The Hall–Kier alpha value is -2.19. The Labute approximate surface area is 186 Å². The molecule has 1 aliphatic carbocycles. The molecule has 1 N–H and O–H groups in total. The Morgan fingerprint density at radius 3 is 2.53 bits per heavy atom. The summed E-state index contributed by atoms with van der Waals surface area (Å²) in [4.78, 5) is 0. The lowest BCUT2D eigenvalue weighted by molar-refractivity contribution is 0.334. The highest BCUT2D eigenvalue weighted by Gasteiger charge is 2.22. The normalized spacial score (nSPS) is 16.6. The van der Waals surface area contributed by atoms with Gasteiger partial charge in [0.05, 0.1) is 5.76 Å². The van der Waals surface area contributed by atoms with Crippen LogP contribution in [0.2, 0.25) is 5.02 Å². The van der Waals surface area contributed by atoms with E-state index in [9.17, 15) is 5.11 Å². The van der Waals surface area contributed by atoms with E-state index in [2.05, 4.69) is 51.6 Å². The first kappa shape index (κ1) is 22.5. The minimum atomic E-state index is 0.233. The van der Waals surface area contributed by atoms with Gasteiger partial charge in [0, 0.05) is 11.4 Å². The van der Waals surface area contributed by atoms with Crippen molar-refractivity contribution in [2.45, 2.75) is 59.3 Å². The molecule has 0 saturated carbocycles. The van der Waals surface area contributed by atoms with Crippen LogP contribution in [0.15, 0.2) is 54.3 Å². The molecule has 30 heavy (non-hydrogen) atoms. The van der Waals surface area contributed by atoms with Crippen molar-refractivity contribution in [3.8, 4) is 5.75 Å². The van der Waals surface area contributed by atoms with E-state index < -0.39 is 0 Å². The van der Waals surface area contributed by atoms with E-state index in [0.717, 1.165) is 36.0 Å². The smallest absolute Gasteiger partial charge is 0.122 e. The minimum Gasteiger partial charge on any atom is -0.513 e. The number of hydrogen-bond acceptors (Lipinski definition) is 2. The second-order valence-electron chi connectivity index (χ2n) is 8.43.